The van der Waals surface area contributed by atoms with Crippen molar-refractivity contribution in [1.82, 2.24) is 15.1 Å². The van der Waals surface area contributed by atoms with E-state index in [0.717, 1.165) is 38.3 Å². The normalized spacial score (nSPS) is 18.8. The third-order valence-corrected chi connectivity index (χ3v) is 5.49. The number of aliphatic imine (C=N–C) groups is 1. The SMILES string of the molecule is CN=C(NCCN1C(=O)CCCC1=O)N1CCC(Cc2ccccc2)CC1.I. The van der Waals surface area contributed by atoms with Gasteiger partial charge in [-0.3, -0.25) is 19.5 Å². The van der Waals surface area contributed by atoms with Crippen LogP contribution in [0.5, 0.6) is 0 Å². The summed E-state index contributed by atoms with van der Waals surface area (Å²) >= 11 is 0. The zero-order valence-electron chi connectivity index (χ0n) is 16.6. The van der Waals surface area contributed by atoms with Gasteiger partial charge in [-0.2, -0.15) is 0 Å². The second kappa shape index (κ2) is 11.4. The van der Waals surface area contributed by atoms with Crippen LogP contribution in [0.15, 0.2) is 35.3 Å². The molecule has 1 aromatic carbocycles. The van der Waals surface area contributed by atoms with Crippen molar-refractivity contribution in [3.8, 4) is 0 Å². The molecular weight excluding hydrogens is 467 g/mol. The monoisotopic (exact) mass is 498 g/mol. The molecule has 3 rings (SSSR count). The van der Waals surface area contributed by atoms with Crippen molar-refractivity contribution in [2.24, 2.45) is 10.9 Å². The first-order chi connectivity index (χ1) is 13.2. The summed E-state index contributed by atoms with van der Waals surface area (Å²) in [5.41, 5.74) is 1.41. The van der Waals surface area contributed by atoms with E-state index in [1.807, 2.05) is 0 Å². The first kappa shape index (κ1) is 22.6. The Kier molecular flexibility index (Phi) is 9.21. The molecule has 154 valence electrons. The van der Waals surface area contributed by atoms with E-state index in [2.05, 4.69) is 45.5 Å². The number of hydrogen-bond donors (Lipinski definition) is 1. The summed E-state index contributed by atoms with van der Waals surface area (Å²) in [5, 5.41) is 3.32. The quantitative estimate of drug-likeness (QED) is 0.294. The number of carbonyl (C=O) groups excluding carboxylic acids is 2. The number of nitrogens with zero attached hydrogens (tertiary/aromatic N) is 3. The number of guanidine groups is 1. The minimum Gasteiger partial charge on any atom is -0.354 e. The molecule has 6 nitrogen and oxygen atoms in total. The van der Waals surface area contributed by atoms with Gasteiger partial charge in [-0.05, 0) is 37.2 Å². The molecule has 0 unspecified atom stereocenters. The van der Waals surface area contributed by atoms with E-state index in [1.54, 1.807) is 7.05 Å². The molecule has 0 atom stereocenters. The van der Waals surface area contributed by atoms with Crippen LogP contribution in [0.3, 0.4) is 0 Å². The lowest BCUT2D eigenvalue weighted by molar-refractivity contribution is -0.147. The Morgan fingerprint density at radius 1 is 1.11 bits per heavy atom. The van der Waals surface area contributed by atoms with Crippen molar-refractivity contribution < 1.29 is 9.59 Å². The van der Waals surface area contributed by atoms with Gasteiger partial charge in [0.1, 0.15) is 0 Å². The molecule has 0 aromatic heterocycles. The number of rotatable bonds is 5. The molecule has 2 saturated heterocycles. The maximum atomic E-state index is 11.9. The third kappa shape index (κ3) is 6.18. The maximum absolute atomic E-state index is 11.9. The first-order valence-corrected chi connectivity index (χ1v) is 10.00. The van der Waals surface area contributed by atoms with Crippen molar-refractivity contribution in [3.05, 3.63) is 35.9 Å². The highest BCUT2D eigenvalue weighted by Gasteiger charge is 2.26. The molecule has 1 aromatic rings. The number of benzene rings is 1. The molecule has 2 heterocycles. The molecule has 0 radical (unpaired) electrons. The summed E-state index contributed by atoms with van der Waals surface area (Å²) in [5.74, 6) is 1.48. The van der Waals surface area contributed by atoms with Crippen molar-refractivity contribution >= 4 is 41.8 Å². The minimum absolute atomic E-state index is 0. The van der Waals surface area contributed by atoms with E-state index < -0.39 is 0 Å². The van der Waals surface area contributed by atoms with E-state index >= 15 is 0 Å². The summed E-state index contributed by atoms with van der Waals surface area (Å²) in [4.78, 5) is 31.8. The van der Waals surface area contributed by atoms with Gasteiger partial charge in [-0.15, -0.1) is 24.0 Å². The fourth-order valence-electron chi connectivity index (χ4n) is 3.96. The van der Waals surface area contributed by atoms with Gasteiger partial charge in [-0.25, -0.2) is 0 Å². The molecule has 2 aliphatic rings. The topological polar surface area (TPSA) is 65.0 Å². The van der Waals surface area contributed by atoms with Crippen LogP contribution in [0.2, 0.25) is 0 Å². The Hall–Kier alpha value is -1.64. The average Bonchev–Trinajstić information content (AvgIpc) is 2.69. The summed E-state index contributed by atoms with van der Waals surface area (Å²) in [6.45, 7) is 2.94. The van der Waals surface area contributed by atoms with Gasteiger partial charge in [0.2, 0.25) is 11.8 Å². The van der Waals surface area contributed by atoms with Crippen molar-refractivity contribution in [1.29, 1.82) is 0 Å². The number of amides is 2. The van der Waals surface area contributed by atoms with Crippen LogP contribution in [0.1, 0.15) is 37.7 Å². The fraction of sp³-hybridized carbons (Fsp3) is 0.571. The lowest BCUT2D eigenvalue weighted by atomic mass is 9.90. The smallest absolute Gasteiger partial charge is 0.229 e. The second-order valence-corrected chi connectivity index (χ2v) is 7.39. The first-order valence-electron chi connectivity index (χ1n) is 10.00. The van der Waals surface area contributed by atoms with Crippen LogP contribution in [0, 0.1) is 5.92 Å². The predicted octanol–water partition coefficient (Wildman–Crippen LogP) is 2.67. The molecule has 7 heteroatoms. The summed E-state index contributed by atoms with van der Waals surface area (Å²) < 4.78 is 0. The van der Waals surface area contributed by atoms with Gasteiger partial charge in [-0.1, -0.05) is 30.3 Å². The standard InChI is InChI=1S/C21H30N4O2.HI/c1-22-21(23-12-15-25-19(26)8-5-9-20(25)27)24-13-10-18(11-14-24)16-17-6-3-2-4-7-17;/h2-4,6-7,18H,5,8-16H2,1H3,(H,22,23);1H. The molecule has 0 saturated carbocycles. The Balaban J connectivity index is 0.00000280. The van der Waals surface area contributed by atoms with Crippen molar-refractivity contribution in [2.75, 3.05) is 33.2 Å². The van der Waals surface area contributed by atoms with Crippen LogP contribution < -0.4 is 5.32 Å². The van der Waals surface area contributed by atoms with Gasteiger partial charge < -0.3 is 10.2 Å². The Morgan fingerprint density at radius 3 is 2.36 bits per heavy atom. The Bertz CT molecular complexity index is 656. The van der Waals surface area contributed by atoms with Crippen molar-refractivity contribution in [3.63, 3.8) is 0 Å². The van der Waals surface area contributed by atoms with Gasteiger partial charge >= 0.3 is 0 Å². The largest absolute Gasteiger partial charge is 0.354 e. The second-order valence-electron chi connectivity index (χ2n) is 7.39. The van der Waals surface area contributed by atoms with Crippen LogP contribution in [0.25, 0.3) is 0 Å². The minimum atomic E-state index is -0.0511. The molecule has 0 aliphatic carbocycles. The molecule has 0 bridgehead atoms. The molecule has 2 aliphatic heterocycles. The van der Waals surface area contributed by atoms with E-state index in [0.29, 0.717) is 38.3 Å². The average molecular weight is 498 g/mol. The molecule has 0 spiro atoms. The summed E-state index contributed by atoms with van der Waals surface area (Å²) in [6, 6.07) is 10.7. The lowest BCUT2D eigenvalue weighted by Gasteiger charge is -2.34. The summed E-state index contributed by atoms with van der Waals surface area (Å²) in [6.07, 6.45) is 5.09. The lowest BCUT2D eigenvalue weighted by Crippen LogP contribution is -2.49. The number of carbonyl (C=O) groups is 2. The highest BCUT2D eigenvalue weighted by atomic mass is 127. The molecular formula is C21H31IN4O2. The number of nitrogens with one attached hydrogen (secondary N) is 1. The number of hydrogen-bond acceptors (Lipinski definition) is 3. The van der Waals surface area contributed by atoms with Crippen molar-refractivity contribution in [2.45, 2.75) is 38.5 Å². The summed E-state index contributed by atoms with van der Waals surface area (Å²) in [7, 11) is 1.79. The number of imide groups is 1. The maximum Gasteiger partial charge on any atom is 0.229 e. The van der Waals surface area contributed by atoms with Gasteiger partial charge in [0.25, 0.3) is 0 Å². The number of likely N-dealkylation sites (tertiary alicyclic amines) is 2. The molecule has 1 N–H and O–H groups in total. The van der Waals surface area contributed by atoms with E-state index in [-0.39, 0.29) is 35.8 Å². The molecule has 2 fully saturated rings. The number of halogens is 1. The van der Waals surface area contributed by atoms with Crippen LogP contribution in [0.4, 0.5) is 0 Å². The highest BCUT2D eigenvalue weighted by Crippen LogP contribution is 2.21. The Labute approximate surface area is 184 Å². The predicted molar refractivity (Wildman–Crippen MR) is 122 cm³/mol. The fourth-order valence-corrected chi connectivity index (χ4v) is 3.96. The zero-order valence-corrected chi connectivity index (χ0v) is 18.9. The third-order valence-electron chi connectivity index (χ3n) is 5.49. The Morgan fingerprint density at radius 2 is 1.75 bits per heavy atom. The van der Waals surface area contributed by atoms with Crippen LogP contribution in [-0.4, -0.2) is 60.8 Å². The van der Waals surface area contributed by atoms with E-state index in [4.69, 9.17) is 0 Å². The van der Waals surface area contributed by atoms with Crippen LogP contribution >= 0.6 is 24.0 Å². The van der Waals surface area contributed by atoms with E-state index in [9.17, 15) is 9.59 Å². The van der Waals surface area contributed by atoms with Crippen LogP contribution in [-0.2, 0) is 16.0 Å². The number of piperidine rings is 2. The van der Waals surface area contributed by atoms with Gasteiger partial charge in [0.05, 0.1) is 0 Å². The van der Waals surface area contributed by atoms with Gasteiger partial charge in [0.15, 0.2) is 5.96 Å². The zero-order chi connectivity index (χ0) is 19.1. The van der Waals surface area contributed by atoms with E-state index in [1.165, 1.54) is 10.5 Å². The highest BCUT2D eigenvalue weighted by molar-refractivity contribution is 14.0. The molecule has 2 amide bonds. The van der Waals surface area contributed by atoms with Gasteiger partial charge in [0, 0.05) is 46.1 Å². The molecule has 28 heavy (non-hydrogen) atoms.